The summed E-state index contributed by atoms with van der Waals surface area (Å²) in [5, 5.41) is 8.97. The van der Waals surface area contributed by atoms with E-state index in [1.807, 2.05) is 24.3 Å². The topological polar surface area (TPSA) is 76.1 Å². The Labute approximate surface area is 147 Å². The van der Waals surface area contributed by atoms with Crippen LogP contribution in [0.4, 0.5) is 0 Å². The lowest BCUT2D eigenvalue weighted by Gasteiger charge is -2.29. The molecule has 1 amide bonds. The van der Waals surface area contributed by atoms with Crippen molar-refractivity contribution in [2.45, 2.75) is 44.1 Å². The Morgan fingerprint density at radius 1 is 1.20 bits per heavy atom. The molecule has 0 saturated carbocycles. The van der Waals surface area contributed by atoms with Crippen molar-refractivity contribution in [2.24, 2.45) is 0 Å². The number of rotatable bonds is 7. The van der Waals surface area contributed by atoms with Gasteiger partial charge < -0.3 is 19.5 Å². The standard InChI is InChI=1S/C19H25NO5/c21-18(12-14-8-11-25-17-6-2-1-5-16(14)17)20(9-7-19(22)23)13-15-4-3-10-24-15/h1-2,5-6,14-15H,3-4,7-13H2,(H,22,23)/t14-,15-/m1/s1. The smallest absolute Gasteiger partial charge is 0.305 e. The highest BCUT2D eigenvalue weighted by molar-refractivity contribution is 5.78. The number of benzene rings is 1. The van der Waals surface area contributed by atoms with Crippen LogP contribution in [0.25, 0.3) is 0 Å². The van der Waals surface area contributed by atoms with E-state index in [2.05, 4.69) is 0 Å². The third-order valence-electron chi connectivity index (χ3n) is 4.90. The molecule has 6 heteroatoms. The molecule has 0 aliphatic carbocycles. The van der Waals surface area contributed by atoms with Gasteiger partial charge in [-0.25, -0.2) is 0 Å². The molecule has 1 saturated heterocycles. The van der Waals surface area contributed by atoms with Crippen LogP contribution < -0.4 is 4.74 Å². The number of para-hydroxylation sites is 1. The summed E-state index contributed by atoms with van der Waals surface area (Å²) in [6.45, 7) is 2.05. The minimum absolute atomic E-state index is 0.00143. The summed E-state index contributed by atoms with van der Waals surface area (Å²) in [7, 11) is 0. The molecule has 1 N–H and O–H groups in total. The number of hydrogen-bond donors (Lipinski definition) is 1. The van der Waals surface area contributed by atoms with E-state index < -0.39 is 5.97 Å². The van der Waals surface area contributed by atoms with E-state index in [4.69, 9.17) is 14.6 Å². The number of amides is 1. The molecule has 0 aromatic heterocycles. The van der Waals surface area contributed by atoms with Crippen LogP contribution in [0, 0.1) is 0 Å². The second-order valence-corrected chi connectivity index (χ2v) is 6.69. The average Bonchev–Trinajstić information content (AvgIpc) is 3.12. The largest absolute Gasteiger partial charge is 0.493 e. The maximum atomic E-state index is 12.9. The predicted octanol–water partition coefficient (Wildman–Crippen LogP) is 2.43. The molecule has 6 nitrogen and oxygen atoms in total. The molecule has 1 aromatic rings. The Kier molecular flexibility index (Phi) is 5.91. The van der Waals surface area contributed by atoms with Crippen molar-refractivity contribution in [1.82, 2.24) is 4.90 Å². The van der Waals surface area contributed by atoms with Gasteiger partial charge in [-0.1, -0.05) is 18.2 Å². The average molecular weight is 347 g/mol. The number of ether oxygens (including phenoxy) is 2. The number of carboxylic acids is 1. The summed E-state index contributed by atoms with van der Waals surface area (Å²) in [5.74, 6) is 0.0806. The van der Waals surface area contributed by atoms with E-state index in [0.29, 0.717) is 19.6 Å². The fourth-order valence-electron chi connectivity index (χ4n) is 3.55. The number of nitrogens with zero attached hydrogens (tertiary/aromatic N) is 1. The second-order valence-electron chi connectivity index (χ2n) is 6.69. The molecule has 0 radical (unpaired) electrons. The van der Waals surface area contributed by atoms with Gasteiger partial charge in [-0.3, -0.25) is 9.59 Å². The van der Waals surface area contributed by atoms with E-state index in [1.165, 1.54) is 0 Å². The Hall–Kier alpha value is -2.08. The molecule has 2 aliphatic rings. The van der Waals surface area contributed by atoms with E-state index in [0.717, 1.165) is 37.2 Å². The van der Waals surface area contributed by atoms with Crippen LogP contribution in [0.1, 0.15) is 43.6 Å². The Morgan fingerprint density at radius 2 is 2.04 bits per heavy atom. The molecular formula is C19H25NO5. The summed E-state index contributed by atoms with van der Waals surface area (Å²) in [6, 6.07) is 7.83. The van der Waals surface area contributed by atoms with Gasteiger partial charge >= 0.3 is 5.97 Å². The zero-order valence-electron chi connectivity index (χ0n) is 14.4. The van der Waals surface area contributed by atoms with Crippen molar-refractivity contribution >= 4 is 11.9 Å². The lowest BCUT2D eigenvalue weighted by molar-refractivity contribution is -0.139. The molecule has 3 rings (SSSR count). The first-order valence-corrected chi connectivity index (χ1v) is 8.96. The van der Waals surface area contributed by atoms with E-state index in [9.17, 15) is 9.59 Å². The van der Waals surface area contributed by atoms with Crippen molar-refractivity contribution in [2.75, 3.05) is 26.3 Å². The maximum absolute atomic E-state index is 12.9. The lowest BCUT2D eigenvalue weighted by Crippen LogP contribution is -2.39. The molecule has 2 aliphatic heterocycles. The van der Waals surface area contributed by atoms with Gasteiger partial charge in [0, 0.05) is 26.1 Å². The maximum Gasteiger partial charge on any atom is 0.305 e. The van der Waals surface area contributed by atoms with Gasteiger partial charge in [-0.2, -0.15) is 0 Å². The highest BCUT2D eigenvalue weighted by Crippen LogP contribution is 2.35. The first-order chi connectivity index (χ1) is 12.1. The fraction of sp³-hybridized carbons (Fsp3) is 0.579. The lowest BCUT2D eigenvalue weighted by atomic mass is 9.90. The minimum atomic E-state index is -0.887. The zero-order chi connectivity index (χ0) is 17.6. The number of fused-ring (bicyclic) bond motifs is 1. The molecule has 136 valence electrons. The van der Waals surface area contributed by atoms with Gasteiger partial charge in [0.1, 0.15) is 5.75 Å². The molecule has 2 atom stereocenters. The van der Waals surface area contributed by atoms with Gasteiger partial charge in [-0.15, -0.1) is 0 Å². The molecule has 1 fully saturated rings. The molecule has 0 unspecified atom stereocenters. The Morgan fingerprint density at radius 3 is 2.80 bits per heavy atom. The van der Waals surface area contributed by atoms with Crippen molar-refractivity contribution in [1.29, 1.82) is 0 Å². The van der Waals surface area contributed by atoms with Gasteiger partial charge in [-0.05, 0) is 36.8 Å². The van der Waals surface area contributed by atoms with Crippen LogP contribution in [0.2, 0.25) is 0 Å². The van der Waals surface area contributed by atoms with Crippen molar-refractivity contribution in [3.05, 3.63) is 29.8 Å². The number of aliphatic carboxylic acids is 1. The SMILES string of the molecule is O=C(O)CCN(C[C@H]1CCCO1)C(=O)C[C@H]1CCOc2ccccc21. The summed E-state index contributed by atoms with van der Waals surface area (Å²) < 4.78 is 11.3. The number of carbonyl (C=O) groups excluding carboxylic acids is 1. The Bertz CT molecular complexity index is 612. The summed E-state index contributed by atoms with van der Waals surface area (Å²) in [6.07, 6.45) is 3.10. The van der Waals surface area contributed by atoms with Gasteiger partial charge in [0.2, 0.25) is 5.91 Å². The molecule has 1 aromatic carbocycles. The summed E-state index contributed by atoms with van der Waals surface area (Å²) >= 11 is 0. The Balaban J connectivity index is 1.65. The fourth-order valence-corrected chi connectivity index (χ4v) is 3.55. The quantitative estimate of drug-likeness (QED) is 0.820. The van der Waals surface area contributed by atoms with E-state index in [1.54, 1.807) is 4.90 Å². The molecular weight excluding hydrogens is 322 g/mol. The molecule has 2 heterocycles. The minimum Gasteiger partial charge on any atom is -0.493 e. The monoisotopic (exact) mass is 347 g/mol. The summed E-state index contributed by atoms with van der Waals surface area (Å²) in [4.78, 5) is 25.5. The van der Waals surface area contributed by atoms with Crippen LogP contribution in [0.5, 0.6) is 5.75 Å². The molecule has 25 heavy (non-hydrogen) atoms. The van der Waals surface area contributed by atoms with E-state index in [-0.39, 0.29) is 30.9 Å². The van der Waals surface area contributed by atoms with Gasteiger partial charge in [0.15, 0.2) is 0 Å². The van der Waals surface area contributed by atoms with Crippen molar-refractivity contribution in [3.63, 3.8) is 0 Å². The number of carbonyl (C=O) groups is 2. The third-order valence-corrected chi connectivity index (χ3v) is 4.90. The predicted molar refractivity (Wildman–Crippen MR) is 91.7 cm³/mol. The van der Waals surface area contributed by atoms with Crippen LogP contribution in [-0.4, -0.2) is 54.3 Å². The second kappa shape index (κ2) is 8.34. The number of carboxylic acid groups (broad SMARTS) is 1. The highest BCUT2D eigenvalue weighted by Gasteiger charge is 2.28. The first-order valence-electron chi connectivity index (χ1n) is 8.96. The zero-order valence-corrected chi connectivity index (χ0v) is 14.4. The van der Waals surface area contributed by atoms with Crippen LogP contribution in [0.15, 0.2) is 24.3 Å². The molecule has 0 bridgehead atoms. The highest BCUT2D eigenvalue weighted by atomic mass is 16.5. The summed E-state index contributed by atoms with van der Waals surface area (Å²) in [5.41, 5.74) is 1.07. The third kappa shape index (κ3) is 4.72. The first kappa shape index (κ1) is 17.7. The van der Waals surface area contributed by atoms with Crippen LogP contribution in [-0.2, 0) is 14.3 Å². The number of hydrogen-bond acceptors (Lipinski definition) is 4. The van der Waals surface area contributed by atoms with Gasteiger partial charge in [0.05, 0.1) is 19.1 Å². The van der Waals surface area contributed by atoms with E-state index >= 15 is 0 Å². The molecule has 0 spiro atoms. The van der Waals surface area contributed by atoms with Crippen LogP contribution >= 0.6 is 0 Å². The van der Waals surface area contributed by atoms with Crippen LogP contribution in [0.3, 0.4) is 0 Å². The van der Waals surface area contributed by atoms with Gasteiger partial charge in [0.25, 0.3) is 0 Å². The van der Waals surface area contributed by atoms with Crippen molar-refractivity contribution in [3.8, 4) is 5.75 Å². The normalized spacial score (nSPS) is 22.1. The van der Waals surface area contributed by atoms with Crippen molar-refractivity contribution < 1.29 is 24.2 Å².